The molecule has 0 heteroatoms. The summed E-state index contributed by atoms with van der Waals surface area (Å²) in [6.45, 7) is 3.83. The molecule has 2 aromatic rings. The second-order valence-electron chi connectivity index (χ2n) is 3.06. The highest BCUT2D eigenvalue weighted by Gasteiger charge is 1.97. The van der Waals surface area contributed by atoms with Crippen LogP contribution in [0.5, 0.6) is 0 Å². The van der Waals surface area contributed by atoms with Crippen LogP contribution in [0, 0.1) is 13.3 Å². The van der Waals surface area contributed by atoms with Crippen LogP contribution < -0.4 is 0 Å². The van der Waals surface area contributed by atoms with Gasteiger partial charge in [0.1, 0.15) is 0 Å². The maximum atomic E-state index is 3.83. The van der Waals surface area contributed by atoms with Crippen LogP contribution >= 0.6 is 0 Å². The predicted molar refractivity (Wildman–Crippen MR) is 57.3 cm³/mol. The summed E-state index contributed by atoms with van der Waals surface area (Å²) in [4.78, 5) is 0. The van der Waals surface area contributed by atoms with Gasteiger partial charge in [-0.3, -0.25) is 0 Å². The van der Waals surface area contributed by atoms with Crippen LogP contribution in [-0.4, -0.2) is 0 Å². The smallest absolute Gasteiger partial charge is 0.00867 e. The van der Waals surface area contributed by atoms with Crippen molar-refractivity contribution in [2.24, 2.45) is 0 Å². The van der Waals surface area contributed by atoms with E-state index in [4.69, 9.17) is 0 Å². The summed E-state index contributed by atoms with van der Waals surface area (Å²) in [5.74, 6) is 0. The molecule has 0 nitrogen and oxygen atoms in total. The van der Waals surface area contributed by atoms with Crippen molar-refractivity contribution in [1.29, 1.82) is 0 Å². The van der Waals surface area contributed by atoms with E-state index in [0.29, 0.717) is 0 Å². The molecule has 0 spiro atoms. The summed E-state index contributed by atoms with van der Waals surface area (Å²) in [5, 5.41) is 2.61. The topological polar surface area (TPSA) is 0 Å². The van der Waals surface area contributed by atoms with Gasteiger partial charge in [-0.1, -0.05) is 49.4 Å². The van der Waals surface area contributed by atoms with E-state index in [-0.39, 0.29) is 0 Å². The fraction of sp³-hybridized carbons (Fsp3) is 0.0769. The molecule has 0 fully saturated rings. The van der Waals surface area contributed by atoms with Gasteiger partial charge in [0.2, 0.25) is 0 Å². The molecule has 2 aromatic carbocycles. The normalized spacial score (nSPS) is 10.5. The van der Waals surface area contributed by atoms with Crippen molar-refractivity contribution in [3.8, 4) is 0 Å². The van der Waals surface area contributed by atoms with Crippen molar-refractivity contribution in [3.05, 3.63) is 61.4 Å². The van der Waals surface area contributed by atoms with Crippen molar-refractivity contribution in [2.75, 3.05) is 0 Å². The summed E-state index contributed by atoms with van der Waals surface area (Å²) in [6.07, 6.45) is 3.00. The Hall–Kier alpha value is -1.30. The molecular weight excluding hydrogens is 156 g/mol. The van der Waals surface area contributed by atoms with E-state index < -0.39 is 0 Å². The highest BCUT2D eigenvalue weighted by atomic mass is 14.0. The third-order valence-electron chi connectivity index (χ3n) is 2.19. The monoisotopic (exact) mass is 168 g/mol. The van der Waals surface area contributed by atoms with E-state index in [0.717, 1.165) is 6.42 Å². The van der Waals surface area contributed by atoms with Crippen LogP contribution in [-0.2, 0) is 0 Å². The van der Waals surface area contributed by atoms with Gasteiger partial charge in [0.05, 0.1) is 0 Å². The van der Waals surface area contributed by atoms with Gasteiger partial charge < -0.3 is 0 Å². The molecule has 0 heterocycles. The summed E-state index contributed by atoms with van der Waals surface area (Å²) in [7, 11) is 0. The van der Waals surface area contributed by atoms with Crippen LogP contribution in [0.1, 0.15) is 12.0 Å². The standard InChI is InChI=1S/C13H12/c1-2-6-11-8-5-9-12-7-3-4-10-13(11)12/h3-10H,1-2H2. The Labute approximate surface area is 79.2 Å². The van der Waals surface area contributed by atoms with Crippen molar-refractivity contribution in [1.82, 2.24) is 0 Å². The minimum Gasteiger partial charge on any atom is -0.0616 e. The Bertz CT molecular complexity index is 396. The molecule has 0 atom stereocenters. The summed E-state index contributed by atoms with van der Waals surface area (Å²) in [5.41, 5.74) is 1.29. The van der Waals surface area contributed by atoms with Gasteiger partial charge >= 0.3 is 0 Å². The van der Waals surface area contributed by atoms with Gasteiger partial charge in [0.25, 0.3) is 0 Å². The predicted octanol–water partition coefficient (Wildman–Crippen LogP) is 3.62. The van der Waals surface area contributed by atoms with Crippen LogP contribution in [0.2, 0.25) is 0 Å². The molecule has 0 aromatic heterocycles. The second kappa shape index (κ2) is 3.61. The average molecular weight is 168 g/mol. The Kier molecular flexibility index (Phi) is 2.31. The molecular formula is C13H12. The maximum Gasteiger partial charge on any atom is -0.00867 e. The number of hydrogen-bond acceptors (Lipinski definition) is 0. The lowest BCUT2D eigenvalue weighted by Crippen LogP contribution is -1.82. The Balaban J connectivity index is 2.61. The highest BCUT2D eigenvalue weighted by Crippen LogP contribution is 2.20. The Morgan fingerprint density at radius 1 is 1.00 bits per heavy atom. The first kappa shape index (κ1) is 8.31. The lowest BCUT2D eigenvalue weighted by molar-refractivity contribution is 1.26. The molecule has 0 aliphatic heterocycles. The van der Waals surface area contributed by atoms with Crippen LogP contribution in [0.25, 0.3) is 10.8 Å². The minimum atomic E-state index is 0.841. The van der Waals surface area contributed by atoms with Crippen molar-refractivity contribution < 1.29 is 0 Å². The van der Waals surface area contributed by atoms with Crippen molar-refractivity contribution in [2.45, 2.75) is 6.42 Å². The first-order valence-corrected chi connectivity index (χ1v) is 4.52. The molecule has 0 saturated carbocycles. The molecule has 2 rings (SSSR count). The van der Waals surface area contributed by atoms with Gasteiger partial charge in [0, 0.05) is 0 Å². The van der Waals surface area contributed by atoms with Gasteiger partial charge in [-0.2, -0.15) is 0 Å². The molecule has 0 aliphatic rings. The van der Waals surface area contributed by atoms with E-state index >= 15 is 0 Å². The Morgan fingerprint density at radius 2 is 1.77 bits per heavy atom. The molecule has 0 bridgehead atoms. The van der Waals surface area contributed by atoms with Gasteiger partial charge in [-0.25, -0.2) is 0 Å². The van der Waals surface area contributed by atoms with E-state index in [1.807, 2.05) is 0 Å². The van der Waals surface area contributed by atoms with Gasteiger partial charge in [0.15, 0.2) is 0 Å². The molecule has 64 valence electrons. The molecule has 0 unspecified atom stereocenters. The highest BCUT2D eigenvalue weighted by molar-refractivity contribution is 5.86. The van der Waals surface area contributed by atoms with Gasteiger partial charge in [-0.05, 0) is 29.2 Å². The number of benzene rings is 2. The van der Waals surface area contributed by atoms with Crippen LogP contribution in [0.3, 0.4) is 0 Å². The number of fused-ring (bicyclic) bond motifs is 1. The van der Waals surface area contributed by atoms with Crippen LogP contribution in [0.15, 0.2) is 42.5 Å². The molecule has 0 aliphatic carbocycles. The van der Waals surface area contributed by atoms with E-state index in [9.17, 15) is 0 Å². The molecule has 0 amide bonds. The molecule has 0 N–H and O–H groups in total. The molecule has 2 radical (unpaired) electrons. The Morgan fingerprint density at radius 3 is 2.62 bits per heavy atom. The summed E-state index contributed by atoms with van der Waals surface area (Å²) < 4.78 is 0. The third kappa shape index (κ3) is 1.57. The van der Waals surface area contributed by atoms with Gasteiger partial charge in [-0.15, -0.1) is 0 Å². The SMILES string of the molecule is [CH2]C[CH]c1cccc2ccccc12. The van der Waals surface area contributed by atoms with Crippen molar-refractivity contribution >= 4 is 10.8 Å². The largest absolute Gasteiger partial charge is 0.0616 e. The quantitative estimate of drug-likeness (QED) is 0.642. The molecule has 0 saturated heterocycles. The zero-order valence-corrected chi connectivity index (χ0v) is 7.53. The second-order valence-corrected chi connectivity index (χ2v) is 3.06. The maximum absolute atomic E-state index is 3.83. The first-order chi connectivity index (χ1) is 6.42. The van der Waals surface area contributed by atoms with Crippen LogP contribution in [0.4, 0.5) is 0 Å². The van der Waals surface area contributed by atoms with Crippen molar-refractivity contribution in [3.63, 3.8) is 0 Å². The third-order valence-corrected chi connectivity index (χ3v) is 2.19. The van der Waals surface area contributed by atoms with E-state index in [1.54, 1.807) is 0 Å². The average Bonchev–Trinajstić information content (AvgIpc) is 2.19. The fourth-order valence-electron chi connectivity index (χ4n) is 1.58. The zero-order valence-electron chi connectivity index (χ0n) is 7.53. The summed E-state index contributed by atoms with van der Waals surface area (Å²) in [6, 6.07) is 14.8. The lowest BCUT2D eigenvalue weighted by Gasteiger charge is -2.03. The summed E-state index contributed by atoms with van der Waals surface area (Å²) >= 11 is 0. The fourth-order valence-corrected chi connectivity index (χ4v) is 1.58. The minimum absolute atomic E-state index is 0.841. The first-order valence-electron chi connectivity index (χ1n) is 4.52. The van der Waals surface area contributed by atoms with E-state index in [1.165, 1.54) is 16.3 Å². The van der Waals surface area contributed by atoms with E-state index in [2.05, 4.69) is 55.8 Å². The number of rotatable bonds is 2. The lowest BCUT2D eigenvalue weighted by atomic mass is 10.0. The molecule has 13 heavy (non-hydrogen) atoms. The number of hydrogen-bond donors (Lipinski definition) is 0. The zero-order chi connectivity index (χ0) is 9.10.